The van der Waals surface area contributed by atoms with Gasteiger partial charge in [-0.1, -0.05) is 13.0 Å². The Morgan fingerprint density at radius 1 is 1.20 bits per heavy atom. The number of carbonyl (C=O) groups is 2. The highest BCUT2D eigenvalue weighted by molar-refractivity contribution is 5.97. The van der Waals surface area contributed by atoms with E-state index in [0.717, 1.165) is 25.1 Å². The van der Waals surface area contributed by atoms with Crippen molar-refractivity contribution in [1.82, 2.24) is 14.5 Å². The largest absolute Gasteiger partial charge is 0.490 e. The lowest BCUT2D eigenvalue weighted by atomic mass is 9.77. The smallest absolute Gasteiger partial charge is 0.417 e. The van der Waals surface area contributed by atoms with Crippen molar-refractivity contribution in [2.45, 2.75) is 44.1 Å². The maximum absolute atomic E-state index is 15.1. The third-order valence-electron chi connectivity index (χ3n) is 7.14. The summed E-state index contributed by atoms with van der Waals surface area (Å²) in [7, 11) is 1.73. The van der Waals surface area contributed by atoms with Crippen LogP contribution in [0.1, 0.15) is 41.6 Å². The zero-order valence-corrected chi connectivity index (χ0v) is 21.6. The van der Waals surface area contributed by atoms with Crippen molar-refractivity contribution in [3.05, 3.63) is 71.6 Å². The summed E-state index contributed by atoms with van der Waals surface area (Å²) < 4.78 is 84.7. The second kappa shape index (κ2) is 10.8. The number of alkyl halides is 3. The number of ether oxygens (including phenoxy) is 2. The Balaban J connectivity index is 1.72. The van der Waals surface area contributed by atoms with Crippen molar-refractivity contribution in [3.63, 3.8) is 0 Å². The highest BCUT2D eigenvalue weighted by atomic mass is 19.4. The lowest BCUT2D eigenvalue weighted by Gasteiger charge is -2.32. The maximum Gasteiger partial charge on any atom is 0.417 e. The van der Waals surface area contributed by atoms with Crippen LogP contribution in [-0.2, 0) is 23.0 Å². The van der Waals surface area contributed by atoms with Crippen LogP contribution in [0.4, 0.5) is 27.6 Å². The van der Waals surface area contributed by atoms with Crippen molar-refractivity contribution in [2.75, 3.05) is 11.9 Å². The molecule has 3 heterocycles. The molecular formula is C26H26F5N5O4. The third-order valence-corrected chi connectivity index (χ3v) is 7.14. The highest BCUT2D eigenvalue weighted by Crippen LogP contribution is 2.55. The Morgan fingerprint density at radius 2 is 1.93 bits per heavy atom. The predicted molar refractivity (Wildman–Crippen MR) is 131 cm³/mol. The lowest BCUT2D eigenvalue weighted by Crippen LogP contribution is -2.47. The number of nitrogens with two attached hydrogens (primary N) is 1. The van der Waals surface area contributed by atoms with E-state index in [9.17, 15) is 27.2 Å². The molecule has 3 N–H and O–H groups in total. The number of amides is 2. The Bertz CT molecular complexity index is 1430. The van der Waals surface area contributed by atoms with Gasteiger partial charge in [0.05, 0.1) is 6.61 Å². The number of carbonyl (C=O) groups excluding carboxylic acids is 2. The van der Waals surface area contributed by atoms with Gasteiger partial charge in [0.1, 0.15) is 17.6 Å². The fraction of sp³-hybridized carbons (Fsp3) is 0.385. The Morgan fingerprint density at radius 3 is 2.55 bits per heavy atom. The zero-order valence-electron chi connectivity index (χ0n) is 21.6. The maximum atomic E-state index is 15.1. The normalized spacial score (nSPS) is 22.8. The first-order chi connectivity index (χ1) is 18.7. The van der Waals surface area contributed by atoms with E-state index in [1.54, 1.807) is 17.8 Å². The molecular weight excluding hydrogens is 541 g/mol. The number of hydrogen-bond acceptors (Lipinski definition) is 6. The summed E-state index contributed by atoms with van der Waals surface area (Å²) >= 11 is 0. The molecule has 0 unspecified atom stereocenters. The van der Waals surface area contributed by atoms with Gasteiger partial charge in [-0.05, 0) is 25.1 Å². The van der Waals surface area contributed by atoms with Gasteiger partial charge in [-0.2, -0.15) is 17.6 Å². The summed E-state index contributed by atoms with van der Waals surface area (Å²) in [6.07, 6.45) is -2.16. The van der Waals surface area contributed by atoms with Gasteiger partial charge in [0, 0.05) is 55.1 Å². The molecule has 1 fully saturated rings. The molecule has 0 saturated carbocycles. The van der Waals surface area contributed by atoms with Gasteiger partial charge >= 0.3 is 6.18 Å². The average Bonchev–Trinajstić information content (AvgIpc) is 3.42. The van der Waals surface area contributed by atoms with Crippen molar-refractivity contribution in [3.8, 4) is 5.75 Å². The summed E-state index contributed by atoms with van der Waals surface area (Å²) in [5.74, 6) is -7.51. The molecule has 40 heavy (non-hydrogen) atoms. The fourth-order valence-corrected chi connectivity index (χ4v) is 4.72. The van der Waals surface area contributed by atoms with E-state index in [1.807, 2.05) is 0 Å². The molecule has 0 bridgehead atoms. The molecule has 9 nitrogen and oxygen atoms in total. The van der Waals surface area contributed by atoms with Crippen molar-refractivity contribution < 1.29 is 41.0 Å². The minimum Gasteiger partial charge on any atom is -0.490 e. The van der Waals surface area contributed by atoms with E-state index in [-0.39, 0.29) is 30.0 Å². The topological polar surface area (TPSA) is 121 Å². The number of aryl methyl sites for hydroxylation is 1. The van der Waals surface area contributed by atoms with E-state index >= 15 is 4.39 Å². The summed E-state index contributed by atoms with van der Waals surface area (Å²) in [5, 5.41) is 2.40. The molecule has 2 amide bonds. The second-order valence-electron chi connectivity index (χ2n) is 9.57. The van der Waals surface area contributed by atoms with Gasteiger partial charge in [-0.15, -0.1) is 0 Å². The minimum absolute atomic E-state index is 0.0150. The van der Waals surface area contributed by atoms with Crippen LogP contribution < -0.4 is 15.8 Å². The van der Waals surface area contributed by atoms with Crippen LogP contribution >= 0.6 is 0 Å². The first kappa shape index (κ1) is 28.9. The van der Waals surface area contributed by atoms with Crippen LogP contribution in [0.5, 0.6) is 5.75 Å². The van der Waals surface area contributed by atoms with Crippen molar-refractivity contribution in [2.24, 2.45) is 18.7 Å². The summed E-state index contributed by atoms with van der Waals surface area (Å²) in [5.41, 5.74) is 2.03. The molecule has 4 rings (SSSR count). The van der Waals surface area contributed by atoms with E-state index in [4.69, 9.17) is 15.2 Å². The number of primary amides is 1. The molecule has 1 aromatic carbocycles. The molecule has 14 heteroatoms. The van der Waals surface area contributed by atoms with Crippen LogP contribution in [0.25, 0.3) is 0 Å². The number of nitrogens with zero attached hydrogens (tertiary/aromatic N) is 3. The Labute approximate surface area is 225 Å². The standard InChI is InChI=1S/C26H26F5N5O4/c1-13-19(15-4-5-16(27)20(28)21(15)39-11-7-18-34-9-10-36(18)3)22(40-25(13,2)26(29,30)31)24(38)35-14-6-8-33-17(12-14)23(32)37/h4-6,8-10,12-13,19,22H,7,11H2,1-3H3,(H2,32,37)(H,33,35,38)/t13-,19-,22+,25+/m0/s1. The van der Waals surface area contributed by atoms with Gasteiger partial charge in [0.15, 0.2) is 17.2 Å². The Kier molecular flexibility index (Phi) is 7.83. The van der Waals surface area contributed by atoms with Crippen LogP contribution in [0.3, 0.4) is 0 Å². The quantitative estimate of drug-likeness (QED) is 0.399. The molecule has 0 spiro atoms. The number of benzene rings is 1. The molecule has 1 aliphatic heterocycles. The SMILES string of the molecule is C[C@H]1[C@@H](c2ccc(F)c(F)c2OCCc2nccn2C)[C@H](C(=O)Nc2ccnc(C(N)=O)c2)O[C@@]1(C)C(F)(F)F. The molecule has 3 aromatic rings. The van der Waals surface area contributed by atoms with Gasteiger partial charge in [0.2, 0.25) is 5.82 Å². The van der Waals surface area contributed by atoms with Crippen LogP contribution in [0, 0.1) is 17.6 Å². The van der Waals surface area contributed by atoms with Gasteiger partial charge in [-0.25, -0.2) is 9.37 Å². The molecule has 4 atom stereocenters. The van der Waals surface area contributed by atoms with Gasteiger partial charge in [-0.3, -0.25) is 14.6 Å². The summed E-state index contributed by atoms with van der Waals surface area (Å²) in [6.45, 7) is 1.82. The summed E-state index contributed by atoms with van der Waals surface area (Å²) in [4.78, 5) is 32.7. The van der Waals surface area contributed by atoms with E-state index in [1.165, 1.54) is 25.4 Å². The first-order valence-electron chi connectivity index (χ1n) is 12.1. The number of anilines is 1. The number of halogens is 5. The van der Waals surface area contributed by atoms with E-state index in [0.29, 0.717) is 5.82 Å². The molecule has 2 aromatic heterocycles. The predicted octanol–water partition coefficient (Wildman–Crippen LogP) is 3.89. The van der Waals surface area contributed by atoms with Crippen LogP contribution in [0.2, 0.25) is 0 Å². The van der Waals surface area contributed by atoms with Crippen LogP contribution in [-0.4, -0.2) is 50.8 Å². The molecule has 214 valence electrons. The molecule has 0 radical (unpaired) electrons. The monoisotopic (exact) mass is 567 g/mol. The third kappa shape index (κ3) is 5.35. The average molecular weight is 568 g/mol. The molecule has 1 saturated heterocycles. The fourth-order valence-electron chi connectivity index (χ4n) is 4.72. The lowest BCUT2D eigenvalue weighted by molar-refractivity contribution is -0.272. The van der Waals surface area contributed by atoms with Crippen molar-refractivity contribution >= 4 is 17.5 Å². The van der Waals surface area contributed by atoms with Crippen LogP contribution in [0.15, 0.2) is 42.9 Å². The van der Waals surface area contributed by atoms with Crippen molar-refractivity contribution in [1.29, 1.82) is 0 Å². The molecule has 1 aliphatic rings. The van der Waals surface area contributed by atoms with Gasteiger partial charge < -0.3 is 25.1 Å². The minimum atomic E-state index is -4.92. The number of aromatic nitrogens is 3. The second-order valence-corrected chi connectivity index (χ2v) is 9.57. The Hall–Kier alpha value is -4.07. The van der Waals surface area contributed by atoms with Gasteiger partial charge in [0.25, 0.3) is 11.8 Å². The number of nitrogens with one attached hydrogen (secondary N) is 1. The zero-order chi connectivity index (χ0) is 29.4. The van der Waals surface area contributed by atoms with E-state index in [2.05, 4.69) is 15.3 Å². The van der Waals surface area contributed by atoms with E-state index < -0.39 is 58.9 Å². The first-order valence-corrected chi connectivity index (χ1v) is 12.1. The highest BCUT2D eigenvalue weighted by Gasteiger charge is 2.66. The number of hydrogen-bond donors (Lipinski definition) is 2. The number of rotatable bonds is 8. The number of pyridine rings is 1. The number of imidazole rings is 1. The summed E-state index contributed by atoms with van der Waals surface area (Å²) in [6, 6.07) is 4.27. The molecule has 0 aliphatic carbocycles.